The predicted molar refractivity (Wildman–Crippen MR) is 51.6 cm³/mol. The average molecular weight is 230 g/mol. The fourth-order valence-corrected chi connectivity index (χ4v) is 1.08. The van der Waals surface area contributed by atoms with E-state index in [1.807, 2.05) is 0 Å². The number of halogens is 1. The topological polar surface area (TPSA) is 60.4 Å². The fourth-order valence-electron chi connectivity index (χ4n) is 0.790. The second kappa shape index (κ2) is 5.26. The highest BCUT2D eigenvalue weighted by Gasteiger charge is 2.11. The molecule has 0 fully saturated rings. The highest BCUT2D eigenvalue weighted by Crippen LogP contribution is 2.11. The summed E-state index contributed by atoms with van der Waals surface area (Å²) in [6, 6.07) is 7.78. The molecule has 1 rings (SSSR count). The molecule has 0 saturated heterocycles. The maximum Gasteiger partial charge on any atom is 0.373 e. The first-order chi connectivity index (χ1) is 7.09. The summed E-state index contributed by atoms with van der Waals surface area (Å²) in [6.45, 7) is 0. The van der Waals surface area contributed by atoms with Gasteiger partial charge in [0, 0.05) is 0 Å². The van der Waals surface area contributed by atoms with Crippen LogP contribution < -0.4 is 4.74 Å². The van der Waals surface area contributed by atoms with Gasteiger partial charge < -0.3 is 4.74 Å². The zero-order valence-electron chi connectivity index (χ0n) is 7.42. The number of rotatable bonds is 3. The molecule has 4 nitrogen and oxygen atoms in total. The van der Waals surface area contributed by atoms with Crippen molar-refractivity contribution in [3.05, 3.63) is 41.6 Å². The molecule has 0 aromatic heterocycles. The van der Waals surface area contributed by atoms with E-state index in [2.05, 4.69) is 4.74 Å². The van der Waals surface area contributed by atoms with Gasteiger partial charge in [0.2, 0.25) is 5.83 Å². The summed E-state index contributed by atoms with van der Waals surface area (Å²) in [5.74, 6) is -2.64. The third kappa shape index (κ3) is 3.90. The Kier molecular flexibility index (Phi) is 3.99. The molecular weight excluding hydrogens is 223 g/mol. The highest BCUT2D eigenvalue weighted by atomic mass is 32.2. The Balaban J connectivity index is 2.73. The van der Waals surface area contributed by atoms with Gasteiger partial charge >= 0.3 is 5.97 Å². The van der Waals surface area contributed by atoms with Crippen molar-refractivity contribution in [1.82, 2.24) is 0 Å². The molecule has 0 saturated carbocycles. The minimum atomic E-state index is -3.08. The SMILES string of the molecule is O=C(Oc1ccccc1)C(F)=C[SH](=O)=O. The molecule has 0 bridgehead atoms. The summed E-state index contributed by atoms with van der Waals surface area (Å²) in [6.07, 6.45) is 0. The molecule has 0 aliphatic carbocycles. The van der Waals surface area contributed by atoms with Crippen molar-refractivity contribution in [2.24, 2.45) is 0 Å². The van der Waals surface area contributed by atoms with Crippen molar-refractivity contribution in [3.63, 3.8) is 0 Å². The van der Waals surface area contributed by atoms with Crippen molar-refractivity contribution < 1.29 is 22.3 Å². The van der Waals surface area contributed by atoms with Crippen molar-refractivity contribution >= 4 is 16.7 Å². The largest absolute Gasteiger partial charge is 0.421 e. The van der Waals surface area contributed by atoms with Gasteiger partial charge in [0.1, 0.15) is 5.75 Å². The second-order valence-corrected chi connectivity index (χ2v) is 3.29. The van der Waals surface area contributed by atoms with Crippen LogP contribution in [0.15, 0.2) is 41.6 Å². The third-order valence-corrected chi connectivity index (χ3v) is 1.81. The lowest BCUT2D eigenvalue weighted by Gasteiger charge is -2.00. The van der Waals surface area contributed by atoms with E-state index in [1.165, 1.54) is 12.1 Å². The molecule has 6 heteroatoms. The van der Waals surface area contributed by atoms with Gasteiger partial charge in [-0.05, 0) is 12.1 Å². The molecule has 0 radical (unpaired) electrons. The number of hydrogen-bond acceptors (Lipinski definition) is 4. The minimum Gasteiger partial charge on any atom is -0.421 e. The molecule has 15 heavy (non-hydrogen) atoms. The molecule has 80 valence electrons. The summed E-state index contributed by atoms with van der Waals surface area (Å²) in [7, 11) is -3.08. The van der Waals surface area contributed by atoms with E-state index in [0.29, 0.717) is 0 Å². The summed E-state index contributed by atoms with van der Waals surface area (Å²) >= 11 is 0. The quantitative estimate of drug-likeness (QED) is 0.364. The molecule has 1 aromatic carbocycles. The van der Waals surface area contributed by atoms with E-state index in [4.69, 9.17) is 0 Å². The Labute approximate surface area is 86.9 Å². The Bertz CT molecular complexity index is 442. The van der Waals surface area contributed by atoms with E-state index in [1.54, 1.807) is 18.2 Å². The van der Waals surface area contributed by atoms with Gasteiger partial charge in [-0.2, -0.15) is 4.39 Å². The molecule has 0 aliphatic rings. The first kappa shape index (κ1) is 11.4. The van der Waals surface area contributed by atoms with Crippen LogP contribution in [-0.2, 0) is 15.5 Å². The molecule has 0 unspecified atom stereocenters. The number of ether oxygens (including phenoxy) is 1. The minimum absolute atomic E-state index is 0.146. The number of benzene rings is 1. The maximum absolute atomic E-state index is 12.7. The van der Waals surface area contributed by atoms with E-state index in [9.17, 15) is 17.6 Å². The average Bonchev–Trinajstić information content (AvgIpc) is 2.18. The Morgan fingerprint density at radius 1 is 1.27 bits per heavy atom. The van der Waals surface area contributed by atoms with Crippen LogP contribution in [0.2, 0.25) is 0 Å². The molecule has 1 aromatic rings. The monoisotopic (exact) mass is 230 g/mol. The molecular formula is C9H7FO4S. The number of thiol groups is 1. The zero-order valence-corrected chi connectivity index (χ0v) is 8.32. The number of carbonyl (C=O) groups is 1. The zero-order chi connectivity index (χ0) is 11.3. The smallest absolute Gasteiger partial charge is 0.373 e. The van der Waals surface area contributed by atoms with Crippen molar-refractivity contribution in [3.8, 4) is 5.75 Å². The van der Waals surface area contributed by atoms with Gasteiger partial charge in [-0.1, -0.05) is 18.2 Å². The van der Waals surface area contributed by atoms with Gasteiger partial charge in [0.15, 0.2) is 10.7 Å². The first-order valence-electron chi connectivity index (χ1n) is 3.87. The molecule has 0 aliphatic heterocycles. The lowest BCUT2D eigenvalue weighted by Crippen LogP contribution is -2.08. The van der Waals surface area contributed by atoms with Crippen LogP contribution >= 0.6 is 0 Å². The summed E-state index contributed by atoms with van der Waals surface area (Å²) in [5.41, 5.74) is 0. The van der Waals surface area contributed by atoms with Crippen LogP contribution in [-0.4, -0.2) is 14.4 Å². The van der Waals surface area contributed by atoms with Crippen LogP contribution in [0.5, 0.6) is 5.75 Å². The van der Waals surface area contributed by atoms with Gasteiger partial charge in [0.25, 0.3) is 0 Å². The van der Waals surface area contributed by atoms with Crippen LogP contribution in [0.1, 0.15) is 0 Å². The highest BCUT2D eigenvalue weighted by molar-refractivity contribution is 7.75. The van der Waals surface area contributed by atoms with E-state index in [0.717, 1.165) is 0 Å². The van der Waals surface area contributed by atoms with Gasteiger partial charge in [-0.15, -0.1) is 0 Å². The first-order valence-corrected chi connectivity index (χ1v) is 5.12. The summed E-state index contributed by atoms with van der Waals surface area (Å²) in [4.78, 5) is 10.9. The van der Waals surface area contributed by atoms with Gasteiger partial charge in [0.05, 0.1) is 5.41 Å². The van der Waals surface area contributed by atoms with E-state index in [-0.39, 0.29) is 11.2 Å². The fraction of sp³-hybridized carbons (Fsp3) is 0. The third-order valence-electron chi connectivity index (χ3n) is 1.37. The van der Waals surface area contributed by atoms with Gasteiger partial charge in [-0.25, -0.2) is 13.2 Å². The number of esters is 1. The second-order valence-electron chi connectivity index (χ2n) is 2.46. The Hall–Kier alpha value is -1.69. The predicted octanol–water partition coefficient (Wildman–Crippen LogP) is 1.01. The normalized spacial score (nSPS) is 11.5. The number of para-hydroxylation sites is 1. The number of hydrogen-bond donors (Lipinski definition) is 1. The van der Waals surface area contributed by atoms with Gasteiger partial charge in [-0.3, -0.25) is 0 Å². The molecule has 0 amide bonds. The van der Waals surface area contributed by atoms with E-state index >= 15 is 0 Å². The lowest BCUT2D eigenvalue weighted by molar-refractivity contribution is -0.131. The van der Waals surface area contributed by atoms with Crippen LogP contribution in [0.3, 0.4) is 0 Å². The Morgan fingerprint density at radius 2 is 1.87 bits per heavy atom. The molecule has 0 spiro atoms. The van der Waals surface area contributed by atoms with Crippen molar-refractivity contribution in [2.75, 3.05) is 0 Å². The molecule has 0 heterocycles. The van der Waals surface area contributed by atoms with Crippen LogP contribution in [0, 0.1) is 0 Å². The van der Waals surface area contributed by atoms with Crippen LogP contribution in [0.4, 0.5) is 4.39 Å². The van der Waals surface area contributed by atoms with E-state index < -0.39 is 22.5 Å². The van der Waals surface area contributed by atoms with Crippen molar-refractivity contribution in [2.45, 2.75) is 0 Å². The summed E-state index contributed by atoms with van der Waals surface area (Å²) < 4.78 is 37.4. The molecule has 0 atom stereocenters. The maximum atomic E-state index is 12.7. The number of carbonyl (C=O) groups excluding carboxylic acids is 1. The lowest BCUT2D eigenvalue weighted by atomic mass is 10.3. The molecule has 0 N–H and O–H groups in total. The van der Waals surface area contributed by atoms with Crippen LogP contribution in [0.25, 0.3) is 0 Å². The summed E-state index contributed by atoms with van der Waals surface area (Å²) in [5, 5.41) is 0.181. The Morgan fingerprint density at radius 3 is 2.40 bits per heavy atom. The van der Waals surface area contributed by atoms with Crippen molar-refractivity contribution in [1.29, 1.82) is 0 Å². The standard InChI is InChI=1S/C9H7FO4S/c10-8(6-15(12)13)9(11)14-7-4-2-1-3-5-7/h1-6,15H.